The molecule has 1 N–H and O–H groups in total. The summed E-state index contributed by atoms with van der Waals surface area (Å²) in [5.74, 6) is -1.05. The minimum atomic E-state index is -1.05. The molecule has 0 aromatic heterocycles. The molecule has 0 aliphatic heterocycles. The van der Waals surface area contributed by atoms with E-state index in [-0.39, 0.29) is 11.3 Å². The molecule has 1 aromatic rings. The van der Waals surface area contributed by atoms with Gasteiger partial charge in [0, 0.05) is 11.4 Å². The maximum atomic E-state index is 10.4. The lowest BCUT2D eigenvalue weighted by Gasteiger charge is -1.99. The van der Waals surface area contributed by atoms with E-state index in [0.717, 1.165) is 5.56 Å². The summed E-state index contributed by atoms with van der Waals surface area (Å²) in [6.45, 7) is 0. The highest BCUT2D eigenvalue weighted by Gasteiger charge is 2.06. The van der Waals surface area contributed by atoms with E-state index in [1.54, 1.807) is 24.3 Å². The third-order valence-corrected chi connectivity index (χ3v) is 2.05. The predicted molar refractivity (Wildman–Crippen MR) is 55.4 cm³/mol. The van der Waals surface area contributed by atoms with Gasteiger partial charge >= 0.3 is 5.97 Å². The van der Waals surface area contributed by atoms with E-state index >= 15 is 0 Å². The van der Waals surface area contributed by atoms with E-state index in [2.05, 4.69) is 12.2 Å². The molecule has 0 spiro atoms. The molecule has 1 aromatic carbocycles. The zero-order valence-electron chi connectivity index (χ0n) is 6.66. The van der Waals surface area contributed by atoms with Gasteiger partial charge in [0.25, 0.3) is 0 Å². The van der Waals surface area contributed by atoms with Crippen molar-refractivity contribution in [3.05, 3.63) is 34.9 Å². The summed E-state index contributed by atoms with van der Waals surface area (Å²) in [5, 5.41) is 9.13. The average Bonchev–Trinajstić information content (AvgIpc) is 2.04. The van der Waals surface area contributed by atoms with Crippen molar-refractivity contribution in [3.8, 4) is 0 Å². The number of thiocarbonyl (C=S) groups is 1. The molecule has 0 radical (unpaired) electrons. The van der Waals surface area contributed by atoms with Crippen LogP contribution in [0.25, 0.3) is 0 Å². The Balaban J connectivity index is 2.75. The van der Waals surface area contributed by atoms with E-state index in [1.807, 2.05) is 0 Å². The lowest BCUT2D eigenvalue weighted by atomic mass is 10.1. The third kappa shape index (κ3) is 3.13. The van der Waals surface area contributed by atoms with Gasteiger partial charge < -0.3 is 5.11 Å². The molecule has 13 heavy (non-hydrogen) atoms. The number of carboxylic acids is 1. The number of carboxylic acid groups (broad SMARTS) is 1. The third-order valence-electron chi connectivity index (χ3n) is 1.49. The summed E-state index contributed by atoms with van der Waals surface area (Å²) in [5.41, 5.74) is 0.819. The van der Waals surface area contributed by atoms with Crippen molar-refractivity contribution in [3.63, 3.8) is 0 Å². The van der Waals surface area contributed by atoms with Gasteiger partial charge in [0.15, 0.2) is 0 Å². The molecule has 0 amide bonds. The van der Waals surface area contributed by atoms with Crippen LogP contribution in [0.15, 0.2) is 24.3 Å². The molecule has 2 nitrogen and oxygen atoms in total. The normalized spacial score (nSPS) is 9.62. The number of rotatable bonds is 3. The van der Waals surface area contributed by atoms with Crippen molar-refractivity contribution in [1.29, 1.82) is 0 Å². The molecule has 4 heteroatoms. The second-order valence-corrected chi connectivity index (χ2v) is 3.46. The van der Waals surface area contributed by atoms with Crippen LogP contribution in [0.4, 0.5) is 0 Å². The molecule has 0 saturated heterocycles. The Morgan fingerprint density at radius 3 is 2.77 bits per heavy atom. The van der Waals surface area contributed by atoms with Crippen molar-refractivity contribution in [2.45, 2.75) is 6.42 Å². The smallest absolute Gasteiger partial charge is 0.342 e. The molecule has 0 atom stereocenters. The Hall–Kier alpha value is -0.930. The lowest BCUT2D eigenvalue weighted by Crippen LogP contribution is -2.12. The standard InChI is InChI=1S/C9H7ClO2S/c10-7-3-1-2-6(4-7)5-8(13)9(11)12/h1-4H,5H2,(H,11,12). The Labute approximate surface area is 86.1 Å². The number of halogens is 1. The monoisotopic (exact) mass is 214 g/mol. The number of carbonyl (C=O) groups is 1. The predicted octanol–water partition coefficient (Wildman–Crippen LogP) is 2.34. The lowest BCUT2D eigenvalue weighted by molar-refractivity contribution is -0.129. The molecule has 0 fully saturated rings. The van der Waals surface area contributed by atoms with Crippen LogP contribution in [0.5, 0.6) is 0 Å². The highest BCUT2D eigenvalue weighted by molar-refractivity contribution is 7.82. The van der Waals surface area contributed by atoms with Gasteiger partial charge in [-0.15, -0.1) is 0 Å². The van der Waals surface area contributed by atoms with Crippen LogP contribution in [0.1, 0.15) is 5.56 Å². The summed E-state index contributed by atoms with van der Waals surface area (Å²) in [7, 11) is 0. The Bertz CT molecular complexity index is 349. The summed E-state index contributed by atoms with van der Waals surface area (Å²) < 4.78 is 0. The molecule has 0 unspecified atom stereocenters. The highest BCUT2D eigenvalue weighted by atomic mass is 35.5. The van der Waals surface area contributed by atoms with Crippen LogP contribution in [-0.4, -0.2) is 15.9 Å². The quantitative estimate of drug-likeness (QED) is 0.785. The number of aliphatic carboxylic acids is 1. The second kappa shape index (κ2) is 4.35. The van der Waals surface area contributed by atoms with Crippen molar-refractivity contribution >= 4 is 34.7 Å². The van der Waals surface area contributed by atoms with Gasteiger partial charge in [-0.1, -0.05) is 36.0 Å². The van der Waals surface area contributed by atoms with Crippen LogP contribution < -0.4 is 0 Å². The number of hydrogen-bond donors (Lipinski definition) is 1. The number of benzene rings is 1. The van der Waals surface area contributed by atoms with E-state index in [0.29, 0.717) is 5.02 Å². The van der Waals surface area contributed by atoms with Gasteiger partial charge in [-0.3, -0.25) is 0 Å². The fourth-order valence-corrected chi connectivity index (χ4v) is 1.29. The van der Waals surface area contributed by atoms with Gasteiger partial charge in [-0.25, -0.2) is 4.79 Å². The van der Waals surface area contributed by atoms with Crippen molar-refractivity contribution in [2.75, 3.05) is 0 Å². The molecular formula is C9H7ClO2S. The minimum Gasteiger partial charge on any atom is -0.477 e. The van der Waals surface area contributed by atoms with Crippen LogP contribution >= 0.6 is 23.8 Å². The van der Waals surface area contributed by atoms with Gasteiger partial charge in [0.2, 0.25) is 0 Å². The zero-order valence-corrected chi connectivity index (χ0v) is 8.23. The first-order chi connectivity index (χ1) is 6.09. The maximum Gasteiger partial charge on any atom is 0.342 e. The Morgan fingerprint density at radius 1 is 1.54 bits per heavy atom. The first-order valence-corrected chi connectivity index (χ1v) is 4.39. The molecule has 0 bridgehead atoms. The molecule has 0 saturated carbocycles. The van der Waals surface area contributed by atoms with Gasteiger partial charge in [-0.05, 0) is 17.7 Å². The van der Waals surface area contributed by atoms with Gasteiger partial charge in [-0.2, -0.15) is 0 Å². The molecule has 1 rings (SSSR count). The summed E-state index contributed by atoms with van der Waals surface area (Å²) >= 11 is 10.4. The van der Waals surface area contributed by atoms with Crippen molar-refractivity contribution in [1.82, 2.24) is 0 Å². The highest BCUT2D eigenvalue weighted by Crippen LogP contribution is 2.11. The summed E-state index contributed by atoms with van der Waals surface area (Å²) in [6, 6.07) is 6.99. The topological polar surface area (TPSA) is 37.3 Å². The van der Waals surface area contributed by atoms with E-state index in [9.17, 15) is 4.79 Å². The zero-order chi connectivity index (χ0) is 9.84. The van der Waals surface area contributed by atoms with E-state index in [1.165, 1.54) is 0 Å². The van der Waals surface area contributed by atoms with E-state index in [4.69, 9.17) is 16.7 Å². The average molecular weight is 215 g/mol. The fraction of sp³-hybridized carbons (Fsp3) is 0.111. The summed E-state index contributed by atoms with van der Waals surface area (Å²) in [4.78, 5) is 10.4. The Morgan fingerprint density at radius 2 is 2.23 bits per heavy atom. The van der Waals surface area contributed by atoms with Crippen molar-refractivity contribution < 1.29 is 9.90 Å². The second-order valence-electron chi connectivity index (χ2n) is 2.54. The van der Waals surface area contributed by atoms with Gasteiger partial charge in [0.05, 0.1) is 0 Å². The molecule has 0 aliphatic rings. The molecule has 0 aliphatic carbocycles. The largest absolute Gasteiger partial charge is 0.477 e. The SMILES string of the molecule is O=C(O)C(=S)Cc1cccc(Cl)c1. The first-order valence-electron chi connectivity index (χ1n) is 3.60. The maximum absolute atomic E-state index is 10.4. The fourth-order valence-electron chi connectivity index (χ4n) is 0.908. The first kappa shape index (κ1) is 10.2. The van der Waals surface area contributed by atoms with E-state index < -0.39 is 5.97 Å². The minimum absolute atomic E-state index is 0.00210. The molecule has 0 heterocycles. The van der Waals surface area contributed by atoms with Crippen LogP contribution in [0.3, 0.4) is 0 Å². The van der Waals surface area contributed by atoms with Crippen molar-refractivity contribution in [2.24, 2.45) is 0 Å². The van der Waals surface area contributed by atoms with Gasteiger partial charge in [0.1, 0.15) is 4.86 Å². The summed E-state index contributed by atoms with van der Waals surface area (Å²) in [6.07, 6.45) is 0.255. The van der Waals surface area contributed by atoms with Crippen LogP contribution in [0, 0.1) is 0 Å². The van der Waals surface area contributed by atoms with Crippen LogP contribution in [-0.2, 0) is 11.2 Å². The van der Waals surface area contributed by atoms with Crippen LogP contribution in [0.2, 0.25) is 5.02 Å². The molecular weight excluding hydrogens is 208 g/mol. The Kier molecular flexibility index (Phi) is 3.39. The molecule has 68 valence electrons. The number of hydrogen-bond acceptors (Lipinski definition) is 2.